The van der Waals surface area contributed by atoms with E-state index in [-0.39, 0.29) is 12.4 Å². The highest BCUT2D eigenvalue weighted by Crippen LogP contribution is 2.21. The minimum Gasteiger partial charge on any atom is -0.382 e. The molecule has 0 fully saturated rings. The van der Waals surface area contributed by atoms with Crippen molar-refractivity contribution in [2.45, 2.75) is 19.2 Å². The number of rotatable bonds is 5. The van der Waals surface area contributed by atoms with Crippen LogP contribution in [0.1, 0.15) is 6.92 Å². The van der Waals surface area contributed by atoms with Crippen molar-refractivity contribution in [1.29, 1.82) is 0 Å². The predicted molar refractivity (Wildman–Crippen MR) is 79.7 cm³/mol. The third kappa shape index (κ3) is 4.44. The minimum atomic E-state index is -4.78. The van der Waals surface area contributed by atoms with E-state index in [1.807, 2.05) is 0 Å². The number of hydrogen-bond donors (Lipinski definition) is 2. The summed E-state index contributed by atoms with van der Waals surface area (Å²) in [4.78, 5) is 16.9. The topological polar surface area (TPSA) is 83.3 Å². The molecule has 0 aliphatic rings. The Balaban J connectivity index is 1.99. The van der Waals surface area contributed by atoms with Gasteiger partial charge in [0.25, 0.3) is 0 Å². The van der Waals surface area contributed by atoms with Crippen LogP contribution >= 0.6 is 0 Å². The zero-order valence-corrected chi connectivity index (χ0v) is 12.7. The van der Waals surface area contributed by atoms with Crippen LogP contribution in [-0.2, 0) is 0 Å². The first-order chi connectivity index (χ1) is 11.3. The number of aliphatic hydroxyl groups is 1. The maximum atomic E-state index is 12.4. The first kappa shape index (κ1) is 17.7. The SMILES string of the molecule is CCN(C[C@@H](O)C(F)(F)F)C(=O)Nc1ccc(-n2cccn2)cn1. The normalized spacial score (nSPS) is 12.7. The molecule has 0 saturated heterocycles. The smallest absolute Gasteiger partial charge is 0.382 e. The van der Waals surface area contributed by atoms with Crippen molar-refractivity contribution in [3.63, 3.8) is 0 Å². The Morgan fingerprint density at radius 3 is 2.71 bits per heavy atom. The number of aromatic nitrogens is 3. The molecule has 2 N–H and O–H groups in total. The third-order valence-corrected chi connectivity index (χ3v) is 3.19. The molecule has 0 aromatic carbocycles. The highest BCUT2D eigenvalue weighted by atomic mass is 19.4. The van der Waals surface area contributed by atoms with Crippen LogP contribution in [0, 0.1) is 0 Å². The van der Waals surface area contributed by atoms with Crippen LogP contribution in [0.25, 0.3) is 5.69 Å². The summed E-state index contributed by atoms with van der Waals surface area (Å²) < 4.78 is 38.7. The van der Waals surface area contributed by atoms with Gasteiger partial charge in [-0.05, 0) is 25.1 Å². The molecule has 2 aromatic rings. The van der Waals surface area contributed by atoms with E-state index in [2.05, 4.69) is 15.4 Å². The van der Waals surface area contributed by atoms with Gasteiger partial charge in [-0.25, -0.2) is 14.5 Å². The first-order valence-corrected chi connectivity index (χ1v) is 7.08. The number of amides is 2. The number of alkyl halides is 3. The highest BCUT2D eigenvalue weighted by Gasteiger charge is 2.39. The largest absolute Gasteiger partial charge is 0.416 e. The van der Waals surface area contributed by atoms with Gasteiger partial charge in [-0.15, -0.1) is 0 Å². The van der Waals surface area contributed by atoms with Gasteiger partial charge in [0.15, 0.2) is 6.10 Å². The number of carbonyl (C=O) groups is 1. The molecule has 0 aliphatic heterocycles. The van der Waals surface area contributed by atoms with Crippen molar-refractivity contribution < 1.29 is 23.1 Å². The lowest BCUT2D eigenvalue weighted by molar-refractivity contribution is -0.206. The molecule has 2 heterocycles. The third-order valence-electron chi connectivity index (χ3n) is 3.19. The van der Waals surface area contributed by atoms with Gasteiger partial charge in [0.2, 0.25) is 0 Å². The maximum absolute atomic E-state index is 12.4. The summed E-state index contributed by atoms with van der Waals surface area (Å²) in [7, 11) is 0. The molecule has 24 heavy (non-hydrogen) atoms. The van der Waals surface area contributed by atoms with E-state index in [1.165, 1.54) is 19.2 Å². The van der Waals surface area contributed by atoms with Gasteiger partial charge >= 0.3 is 12.2 Å². The summed E-state index contributed by atoms with van der Waals surface area (Å²) in [6, 6.07) is 4.11. The molecule has 0 aliphatic carbocycles. The second-order valence-electron chi connectivity index (χ2n) is 4.88. The molecule has 2 amide bonds. The second kappa shape index (κ2) is 7.30. The van der Waals surface area contributed by atoms with Crippen LogP contribution in [-0.4, -0.2) is 56.2 Å². The van der Waals surface area contributed by atoms with E-state index in [9.17, 15) is 18.0 Å². The molecule has 7 nitrogen and oxygen atoms in total. The van der Waals surface area contributed by atoms with Crippen molar-refractivity contribution >= 4 is 11.8 Å². The van der Waals surface area contributed by atoms with Gasteiger partial charge in [-0.3, -0.25) is 5.32 Å². The van der Waals surface area contributed by atoms with Crippen LogP contribution < -0.4 is 5.32 Å². The zero-order valence-electron chi connectivity index (χ0n) is 12.7. The predicted octanol–water partition coefficient (Wildman–Crippen LogP) is 2.04. The summed E-state index contributed by atoms with van der Waals surface area (Å²) in [6.45, 7) is 0.665. The van der Waals surface area contributed by atoms with E-state index in [0.29, 0.717) is 5.69 Å². The number of likely N-dealkylation sites (N-methyl/N-ethyl adjacent to an activating group) is 1. The fourth-order valence-electron chi connectivity index (χ4n) is 1.87. The van der Waals surface area contributed by atoms with Crippen LogP contribution in [0.15, 0.2) is 36.8 Å². The van der Waals surface area contributed by atoms with Crippen LogP contribution in [0.4, 0.5) is 23.8 Å². The average Bonchev–Trinajstić information content (AvgIpc) is 3.06. The molecule has 0 saturated carbocycles. The highest BCUT2D eigenvalue weighted by molar-refractivity contribution is 5.88. The number of hydrogen-bond acceptors (Lipinski definition) is 4. The number of anilines is 1. The van der Waals surface area contributed by atoms with Gasteiger partial charge in [0.1, 0.15) is 5.82 Å². The Morgan fingerprint density at radius 2 is 2.21 bits per heavy atom. The Morgan fingerprint density at radius 1 is 1.46 bits per heavy atom. The molecule has 0 radical (unpaired) electrons. The van der Waals surface area contributed by atoms with E-state index in [0.717, 1.165) is 4.90 Å². The number of urea groups is 1. The number of pyridine rings is 1. The van der Waals surface area contributed by atoms with Crippen LogP contribution in [0.3, 0.4) is 0 Å². The molecule has 0 spiro atoms. The molecule has 0 unspecified atom stereocenters. The number of aliphatic hydroxyl groups excluding tert-OH is 1. The number of nitrogens with zero attached hydrogens (tertiary/aromatic N) is 4. The van der Waals surface area contributed by atoms with E-state index >= 15 is 0 Å². The zero-order chi connectivity index (χ0) is 17.7. The van der Waals surface area contributed by atoms with E-state index in [1.54, 1.807) is 29.2 Å². The number of nitrogens with one attached hydrogen (secondary N) is 1. The lowest BCUT2D eigenvalue weighted by atomic mass is 10.3. The van der Waals surface area contributed by atoms with Gasteiger partial charge in [0.05, 0.1) is 18.4 Å². The lowest BCUT2D eigenvalue weighted by Crippen LogP contribution is -2.45. The van der Waals surface area contributed by atoms with Gasteiger partial charge in [-0.2, -0.15) is 18.3 Å². The Bertz CT molecular complexity index is 658. The molecule has 2 aromatic heterocycles. The summed E-state index contributed by atoms with van der Waals surface area (Å²) >= 11 is 0. The molecule has 0 bridgehead atoms. The summed E-state index contributed by atoms with van der Waals surface area (Å²) in [5.41, 5.74) is 0.665. The van der Waals surface area contributed by atoms with Crippen molar-refractivity contribution in [2.75, 3.05) is 18.4 Å². The first-order valence-electron chi connectivity index (χ1n) is 7.08. The van der Waals surface area contributed by atoms with Crippen molar-refractivity contribution in [3.8, 4) is 5.69 Å². The molecule has 1 atom stereocenters. The van der Waals surface area contributed by atoms with Crippen LogP contribution in [0.5, 0.6) is 0 Å². The standard InChI is InChI=1S/C14H16F3N5O2/c1-2-21(9-11(23)14(15,16)17)13(24)20-12-5-4-10(8-18-12)22-7-3-6-19-22/h3-8,11,23H,2,9H2,1H3,(H,18,20,24)/t11-/m1/s1. The van der Waals surface area contributed by atoms with Gasteiger partial charge < -0.3 is 10.0 Å². The van der Waals surface area contributed by atoms with E-state index in [4.69, 9.17) is 5.11 Å². The lowest BCUT2D eigenvalue weighted by Gasteiger charge is -2.25. The summed E-state index contributed by atoms with van der Waals surface area (Å²) in [5, 5.41) is 15.5. The molecular weight excluding hydrogens is 327 g/mol. The molecule has 130 valence electrons. The molecule has 10 heteroatoms. The van der Waals surface area contributed by atoms with Crippen LogP contribution in [0.2, 0.25) is 0 Å². The summed E-state index contributed by atoms with van der Waals surface area (Å²) in [6.07, 6.45) is -2.60. The Kier molecular flexibility index (Phi) is 5.39. The molecule has 2 rings (SSSR count). The molecular formula is C14H16F3N5O2. The average molecular weight is 343 g/mol. The van der Waals surface area contributed by atoms with Crippen molar-refractivity contribution in [2.24, 2.45) is 0 Å². The minimum absolute atomic E-state index is 0.00431. The Hall–Kier alpha value is -2.62. The second-order valence-corrected chi connectivity index (χ2v) is 4.88. The quantitative estimate of drug-likeness (QED) is 0.870. The van der Waals surface area contributed by atoms with Gasteiger partial charge in [0, 0.05) is 18.9 Å². The fraction of sp³-hybridized carbons (Fsp3) is 0.357. The maximum Gasteiger partial charge on any atom is 0.416 e. The van der Waals surface area contributed by atoms with Crippen molar-refractivity contribution in [1.82, 2.24) is 19.7 Å². The Labute approximate surface area is 135 Å². The number of carbonyl (C=O) groups excluding carboxylic acids is 1. The number of halogens is 3. The van der Waals surface area contributed by atoms with Gasteiger partial charge in [-0.1, -0.05) is 0 Å². The fourth-order valence-corrected chi connectivity index (χ4v) is 1.87. The van der Waals surface area contributed by atoms with E-state index < -0.39 is 24.9 Å². The van der Waals surface area contributed by atoms with Crippen molar-refractivity contribution in [3.05, 3.63) is 36.8 Å². The summed E-state index contributed by atoms with van der Waals surface area (Å²) in [5.74, 6) is 0.177. The monoisotopic (exact) mass is 343 g/mol.